The van der Waals surface area contributed by atoms with Crippen molar-refractivity contribution in [3.05, 3.63) is 94.6 Å². The second-order valence-corrected chi connectivity index (χ2v) is 9.54. The highest BCUT2D eigenvalue weighted by Gasteiger charge is 2.38. The van der Waals surface area contributed by atoms with Crippen molar-refractivity contribution < 1.29 is 13.6 Å². The molecule has 0 spiro atoms. The molecule has 0 saturated heterocycles. The van der Waals surface area contributed by atoms with Gasteiger partial charge in [0.1, 0.15) is 5.82 Å². The highest BCUT2D eigenvalue weighted by Crippen LogP contribution is 2.49. The van der Waals surface area contributed by atoms with Gasteiger partial charge in [0.05, 0.1) is 16.9 Å². The summed E-state index contributed by atoms with van der Waals surface area (Å²) < 4.78 is 27.5. The maximum atomic E-state index is 14.0. The maximum absolute atomic E-state index is 14.0. The van der Waals surface area contributed by atoms with Gasteiger partial charge >= 0.3 is 0 Å². The van der Waals surface area contributed by atoms with Crippen LogP contribution in [0.1, 0.15) is 56.3 Å². The first-order valence-corrected chi connectivity index (χ1v) is 12.3. The van der Waals surface area contributed by atoms with Gasteiger partial charge in [0.15, 0.2) is 0 Å². The molecule has 2 N–H and O–H groups in total. The van der Waals surface area contributed by atoms with E-state index in [9.17, 15) is 13.6 Å². The van der Waals surface area contributed by atoms with Crippen molar-refractivity contribution in [3.8, 4) is 0 Å². The van der Waals surface area contributed by atoms with Crippen molar-refractivity contribution in [2.24, 2.45) is 11.8 Å². The molecule has 0 saturated carbocycles. The van der Waals surface area contributed by atoms with Crippen LogP contribution in [0.3, 0.4) is 0 Å². The molecule has 0 bridgehead atoms. The zero-order valence-electron chi connectivity index (χ0n) is 20.0. The van der Waals surface area contributed by atoms with E-state index in [1.165, 1.54) is 41.1 Å². The second-order valence-electron chi connectivity index (χ2n) is 9.54. The predicted octanol–water partition coefficient (Wildman–Crippen LogP) is 5.80. The molecular weight excluding hydrogens is 446 g/mol. The predicted molar refractivity (Wildman–Crippen MR) is 132 cm³/mol. The Kier molecular flexibility index (Phi) is 6.41. The monoisotopic (exact) mass is 476 g/mol. The smallest absolute Gasteiger partial charge is 0.256 e. The second kappa shape index (κ2) is 9.64. The first-order valence-electron chi connectivity index (χ1n) is 12.3. The molecule has 3 aliphatic rings. The Hall–Kier alpha value is -3.48. The SMILES string of the molecule is CCCC(C[C@H]1CCC2=C1[C@@H](C)C1=CNN(c3ccc(F)cc3)C1=C2)NC(=O)c1cccnc1F. The number of benzene rings is 1. The molecule has 2 aromatic rings. The summed E-state index contributed by atoms with van der Waals surface area (Å²) in [5.41, 5.74) is 9.32. The highest BCUT2D eigenvalue weighted by atomic mass is 19.1. The number of anilines is 1. The van der Waals surface area contributed by atoms with Crippen LogP contribution in [-0.4, -0.2) is 16.9 Å². The minimum Gasteiger partial charge on any atom is -0.349 e. The molecule has 3 atom stereocenters. The number of carbonyl (C=O) groups excluding carboxylic acids is 1. The number of hydrogen-bond donors (Lipinski definition) is 2. The third kappa shape index (κ3) is 4.47. The van der Waals surface area contributed by atoms with Crippen LogP contribution in [0.15, 0.2) is 77.3 Å². The number of aromatic nitrogens is 1. The van der Waals surface area contributed by atoms with Crippen LogP contribution >= 0.6 is 0 Å². The van der Waals surface area contributed by atoms with Crippen molar-refractivity contribution in [2.45, 2.75) is 52.0 Å². The number of amides is 1. The van der Waals surface area contributed by atoms with Gasteiger partial charge in [0, 0.05) is 29.9 Å². The number of hydrogen-bond acceptors (Lipinski definition) is 4. The minimum absolute atomic E-state index is 0.0124. The first kappa shape index (κ1) is 23.3. The van der Waals surface area contributed by atoms with Crippen molar-refractivity contribution in [1.29, 1.82) is 0 Å². The van der Waals surface area contributed by atoms with E-state index >= 15 is 0 Å². The van der Waals surface area contributed by atoms with Crippen LogP contribution < -0.4 is 15.8 Å². The zero-order valence-corrected chi connectivity index (χ0v) is 20.0. The van der Waals surface area contributed by atoms with E-state index < -0.39 is 11.9 Å². The van der Waals surface area contributed by atoms with E-state index in [0.29, 0.717) is 5.92 Å². The van der Waals surface area contributed by atoms with E-state index in [0.717, 1.165) is 43.5 Å². The van der Waals surface area contributed by atoms with Crippen molar-refractivity contribution >= 4 is 11.6 Å². The van der Waals surface area contributed by atoms with Crippen LogP contribution in [0, 0.1) is 23.6 Å². The Morgan fingerprint density at radius 2 is 2.06 bits per heavy atom. The molecule has 7 heteroatoms. The Morgan fingerprint density at radius 3 is 2.80 bits per heavy atom. The number of nitrogens with zero attached hydrogens (tertiary/aromatic N) is 2. The third-order valence-corrected chi connectivity index (χ3v) is 7.33. The van der Waals surface area contributed by atoms with Gasteiger partial charge in [-0.3, -0.25) is 9.80 Å². The van der Waals surface area contributed by atoms with Crippen LogP contribution in [0.25, 0.3) is 0 Å². The molecular formula is C28H30F2N4O. The lowest BCUT2D eigenvalue weighted by atomic mass is 9.78. The lowest BCUT2D eigenvalue weighted by molar-refractivity contribution is 0.0924. The minimum atomic E-state index is -0.740. The summed E-state index contributed by atoms with van der Waals surface area (Å²) >= 11 is 0. The van der Waals surface area contributed by atoms with E-state index in [-0.39, 0.29) is 23.3 Å². The number of hydrazine groups is 1. The summed E-state index contributed by atoms with van der Waals surface area (Å²) in [4.78, 5) is 16.4. The largest absolute Gasteiger partial charge is 0.349 e. The lowest BCUT2D eigenvalue weighted by Gasteiger charge is -2.31. The molecule has 1 amide bonds. The molecule has 35 heavy (non-hydrogen) atoms. The standard InChI is InChI=1S/C28H30F2N4O/c1-3-5-21(33-28(35)23-6-4-13-31-27(23)30)14-18-7-8-19-15-25-24(17(2)26(18)19)16-32-34(25)22-11-9-20(29)10-12-22/h4,6,9-13,15-18,21,32H,3,5,7-8,14H2,1-2H3,(H,33,35)/t17-,18+,21?/m0/s1. The molecule has 5 rings (SSSR count). The highest BCUT2D eigenvalue weighted by molar-refractivity contribution is 5.94. The van der Waals surface area contributed by atoms with Gasteiger partial charge in [-0.25, -0.2) is 9.37 Å². The van der Waals surface area contributed by atoms with E-state index in [1.807, 2.05) is 11.2 Å². The fourth-order valence-corrected chi connectivity index (χ4v) is 5.72. The van der Waals surface area contributed by atoms with Gasteiger partial charge in [0.2, 0.25) is 5.95 Å². The van der Waals surface area contributed by atoms with Gasteiger partial charge in [-0.1, -0.05) is 25.8 Å². The molecule has 1 unspecified atom stereocenters. The number of fused-ring (bicyclic) bond motifs is 1. The number of rotatable bonds is 7. The van der Waals surface area contributed by atoms with Gasteiger partial charge in [-0.15, -0.1) is 0 Å². The fraction of sp³-hybridized carbons (Fsp3) is 0.357. The van der Waals surface area contributed by atoms with Gasteiger partial charge in [-0.2, -0.15) is 4.39 Å². The van der Waals surface area contributed by atoms with Gasteiger partial charge < -0.3 is 10.7 Å². The zero-order chi connectivity index (χ0) is 24.5. The van der Waals surface area contributed by atoms with Gasteiger partial charge in [0.25, 0.3) is 5.91 Å². The summed E-state index contributed by atoms with van der Waals surface area (Å²) in [5, 5.41) is 5.07. The molecule has 2 aliphatic carbocycles. The summed E-state index contributed by atoms with van der Waals surface area (Å²) in [6.45, 7) is 4.33. The fourth-order valence-electron chi connectivity index (χ4n) is 5.72. The van der Waals surface area contributed by atoms with Crippen molar-refractivity contribution in [2.75, 3.05) is 5.01 Å². The number of nitrogens with one attached hydrogen (secondary N) is 2. The quantitative estimate of drug-likeness (QED) is 0.496. The van der Waals surface area contributed by atoms with Crippen molar-refractivity contribution in [1.82, 2.24) is 15.7 Å². The molecule has 2 heterocycles. The molecule has 0 radical (unpaired) electrons. The summed E-state index contributed by atoms with van der Waals surface area (Å²) in [6.07, 6.45) is 10.3. The normalized spacial score (nSPS) is 21.7. The van der Waals surface area contributed by atoms with E-state index in [2.05, 4.69) is 35.7 Å². The average molecular weight is 477 g/mol. The molecule has 182 valence electrons. The third-order valence-electron chi connectivity index (χ3n) is 7.33. The summed E-state index contributed by atoms with van der Waals surface area (Å²) in [5.74, 6) is -0.803. The van der Waals surface area contributed by atoms with E-state index in [4.69, 9.17) is 0 Å². The Bertz CT molecular complexity index is 1220. The number of pyridine rings is 1. The van der Waals surface area contributed by atoms with Crippen molar-refractivity contribution in [3.63, 3.8) is 0 Å². The number of carbonyl (C=O) groups is 1. The average Bonchev–Trinajstić information content (AvgIpc) is 3.45. The maximum Gasteiger partial charge on any atom is 0.256 e. The molecule has 5 nitrogen and oxygen atoms in total. The summed E-state index contributed by atoms with van der Waals surface area (Å²) in [7, 11) is 0. The van der Waals surface area contributed by atoms with Crippen LogP contribution in [0.2, 0.25) is 0 Å². The Labute approximate surface area is 204 Å². The summed E-state index contributed by atoms with van der Waals surface area (Å²) in [6, 6.07) is 9.50. The lowest BCUT2D eigenvalue weighted by Crippen LogP contribution is -2.37. The molecule has 0 fully saturated rings. The number of halogens is 2. The topological polar surface area (TPSA) is 57.3 Å². The first-order chi connectivity index (χ1) is 17.0. The Morgan fingerprint density at radius 1 is 1.26 bits per heavy atom. The molecule has 1 aromatic carbocycles. The van der Waals surface area contributed by atoms with Crippen LogP contribution in [-0.2, 0) is 0 Å². The molecule has 1 aromatic heterocycles. The Balaban J connectivity index is 1.35. The molecule has 1 aliphatic heterocycles. The van der Waals surface area contributed by atoms with Gasteiger partial charge in [-0.05, 0) is 79.6 Å². The van der Waals surface area contributed by atoms with Crippen LogP contribution in [0.5, 0.6) is 0 Å². The van der Waals surface area contributed by atoms with Crippen LogP contribution in [0.4, 0.5) is 14.5 Å². The van der Waals surface area contributed by atoms with E-state index in [1.54, 1.807) is 18.2 Å². The number of allylic oxidation sites excluding steroid dienone is 4.